The number of rotatable bonds is 5. The van der Waals surface area contributed by atoms with E-state index in [1.165, 1.54) is 5.56 Å². The van der Waals surface area contributed by atoms with Gasteiger partial charge in [0.25, 0.3) is 0 Å². The largest absolute Gasteiger partial charge is 0.370 e. The van der Waals surface area contributed by atoms with E-state index in [-0.39, 0.29) is 0 Å². The Balaban J connectivity index is 1.48. The molecule has 0 bridgehead atoms. The topological polar surface area (TPSA) is 68.0 Å². The van der Waals surface area contributed by atoms with Gasteiger partial charge in [0.05, 0.1) is 11.7 Å². The maximum absolute atomic E-state index is 4.58. The van der Waals surface area contributed by atoms with Crippen LogP contribution in [0.25, 0.3) is 27.7 Å². The summed E-state index contributed by atoms with van der Waals surface area (Å²) in [7, 11) is 0. The molecule has 0 atom stereocenters. The summed E-state index contributed by atoms with van der Waals surface area (Å²) in [5, 5.41) is 9.14. The molecule has 0 saturated heterocycles. The molecule has 0 aliphatic rings. The van der Waals surface area contributed by atoms with Gasteiger partial charge in [0, 0.05) is 47.8 Å². The van der Waals surface area contributed by atoms with Crippen molar-refractivity contribution in [3.8, 4) is 11.1 Å². The number of hydrogen-bond acceptors (Lipinski definition) is 5. The molecule has 0 aliphatic heterocycles. The Bertz CT molecular complexity index is 1240. The third-order valence-electron chi connectivity index (χ3n) is 4.77. The molecule has 4 heterocycles. The average molecular weight is 366 g/mol. The first-order valence-corrected chi connectivity index (χ1v) is 9.20. The Morgan fingerprint density at radius 2 is 1.75 bits per heavy atom. The van der Waals surface area contributed by atoms with Crippen molar-refractivity contribution in [2.75, 3.05) is 11.9 Å². The van der Waals surface area contributed by atoms with E-state index in [1.54, 1.807) is 6.20 Å². The SMILES string of the molecule is c1cncc(CCNc2ccnc3c(-c4cccc5cccnc45)cnn23)c1. The summed E-state index contributed by atoms with van der Waals surface area (Å²) in [5.41, 5.74) is 4.97. The minimum atomic E-state index is 0.788. The second kappa shape index (κ2) is 7.08. The number of nitrogens with one attached hydrogen (secondary N) is 1. The number of benzene rings is 1. The first-order chi connectivity index (χ1) is 13.9. The Morgan fingerprint density at radius 3 is 2.68 bits per heavy atom. The summed E-state index contributed by atoms with van der Waals surface area (Å²) in [6.07, 6.45) is 10.1. The number of hydrogen-bond donors (Lipinski definition) is 1. The summed E-state index contributed by atoms with van der Waals surface area (Å²) >= 11 is 0. The van der Waals surface area contributed by atoms with E-state index >= 15 is 0 Å². The molecule has 5 aromatic rings. The Labute approximate surface area is 161 Å². The number of fused-ring (bicyclic) bond motifs is 2. The lowest BCUT2D eigenvalue weighted by molar-refractivity contribution is 0.911. The molecular formula is C22H18N6. The monoisotopic (exact) mass is 366 g/mol. The van der Waals surface area contributed by atoms with Gasteiger partial charge in [0.1, 0.15) is 5.82 Å². The van der Waals surface area contributed by atoms with Crippen molar-refractivity contribution >= 4 is 22.4 Å². The van der Waals surface area contributed by atoms with Crippen LogP contribution in [0.5, 0.6) is 0 Å². The van der Waals surface area contributed by atoms with E-state index in [1.807, 2.05) is 53.6 Å². The summed E-state index contributed by atoms with van der Waals surface area (Å²) in [6.45, 7) is 0.788. The smallest absolute Gasteiger partial charge is 0.165 e. The second-order valence-electron chi connectivity index (χ2n) is 6.54. The van der Waals surface area contributed by atoms with Crippen LogP contribution < -0.4 is 5.32 Å². The van der Waals surface area contributed by atoms with E-state index in [2.05, 4.69) is 49.6 Å². The highest BCUT2D eigenvalue weighted by Gasteiger charge is 2.13. The van der Waals surface area contributed by atoms with Gasteiger partial charge in [0.2, 0.25) is 0 Å². The van der Waals surface area contributed by atoms with Crippen LogP contribution in [0.15, 0.2) is 79.5 Å². The van der Waals surface area contributed by atoms with Gasteiger partial charge in [-0.1, -0.05) is 30.3 Å². The summed E-state index contributed by atoms with van der Waals surface area (Å²) < 4.78 is 1.85. The zero-order chi connectivity index (χ0) is 18.8. The van der Waals surface area contributed by atoms with Gasteiger partial charge in [-0.05, 0) is 30.2 Å². The van der Waals surface area contributed by atoms with Gasteiger partial charge in [-0.2, -0.15) is 9.61 Å². The van der Waals surface area contributed by atoms with Crippen molar-refractivity contribution in [2.45, 2.75) is 6.42 Å². The molecule has 136 valence electrons. The van der Waals surface area contributed by atoms with Gasteiger partial charge in [0.15, 0.2) is 5.65 Å². The molecule has 4 aromatic heterocycles. The standard InChI is InChI=1S/C22H18N6/c1-5-17-6-3-11-25-21(17)18(7-1)19-15-27-28-20(9-13-26-22(19)28)24-12-8-16-4-2-10-23-14-16/h1-7,9-11,13-15,24H,8,12H2. The molecule has 6 nitrogen and oxygen atoms in total. The molecule has 1 N–H and O–H groups in total. The molecule has 28 heavy (non-hydrogen) atoms. The van der Waals surface area contributed by atoms with E-state index in [0.717, 1.165) is 46.5 Å². The molecule has 6 heteroatoms. The molecule has 0 saturated carbocycles. The predicted octanol–water partition coefficient (Wildman–Crippen LogP) is 3.99. The van der Waals surface area contributed by atoms with Gasteiger partial charge >= 0.3 is 0 Å². The lowest BCUT2D eigenvalue weighted by Crippen LogP contribution is -2.09. The maximum atomic E-state index is 4.58. The summed E-state index contributed by atoms with van der Waals surface area (Å²) in [4.78, 5) is 13.3. The van der Waals surface area contributed by atoms with Crippen molar-refractivity contribution < 1.29 is 0 Å². The fourth-order valence-corrected chi connectivity index (χ4v) is 3.42. The number of aromatic nitrogens is 5. The second-order valence-corrected chi connectivity index (χ2v) is 6.54. The van der Waals surface area contributed by atoms with E-state index in [9.17, 15) is 0 Å². The third-order valence-corrected chi connectivity index (χ3v) is 4.77. The Kier molecular flexibility index (Phi) is 4.14. The molecule has 1 aromatic carbocycles. The summed E-state index contributed by atoms with van der Waals surface area (Å²) in [5.74, 6) is 0.910. The molecule has 0 unspecified atom stereocenters. The van der Waals surface area contributed by atoms with E-state index in [0.29, 0.717) is 0 Å². The average Bonchev–Trinajstić information content (AvgIpc) is 3.19. The molecule has 0 aliphatic carbocycles. The highest BCUT2D eigenvalue weighted by atomic mass is 15.3. The van der Waals surface area contributed by atoms with Crippen LogP contribution in [-0.2, 0) is 6.42 Å². The van der Waals surface area contributed by atoms with Gasteiger partial charge in [-0.3, -0.25) is 9.97 Å². The first kappa shape index (κ1) is 16.4. The molecular weight excluding hydrogens is 348 g/mol. The van der Waals surface area contributed by atoms with E-state index in [4.69, 9.17) is 0 Å². The number of nitrogens with zero attached hydrogens (tertiary/aromatic N) is 5. The van der Waals surface area contributed by atoms with Crippen LogP contribution in [0.3, 0.4) is 0 Å². The normalized spacial score (nSPS) is 11.1. The van der Waals surface area contributed by atoms with Gasteiger partial charge < -0.3 is 5.32 Å². The van der Waals surface area contributed by atoms with Crippen LogP contribution >= 0.6 is 0 Å². The van der Waals surface area contributed by atoms with Crippen molar-refractivity contribution in [3.05, 3.63) is 85.1 Å². The number of para-hydroxylation sites is 1. The lowest BCUT2D eigenvalue weighted by atomic mass is 10.0. The zero-order valence-electron chi connectivity index (χ0n) is 15.2. The number of pyridine rings is 2. The van der Waals surface area contributed by atoms with E-state index < -0.39 is 0 Å². The Morgan fingerprint density at radius 1 is 0.821 bits per heavy atom. The highest BCUT2D eigenvalue weighted by Crippen LogP contribution is 2.30. The van der Waals surface area contributed by atoms with Crippen LogP contribution in [0, 0.1) is 0 Å². The van der Waals surface area contributed by atoms with Crippen molar-refractivity contribution in [1.29, 1.82) is 0 Å². The third kappa shape index (κ3) is 2.95. The Hall–Kier alpha value is -3.80. The molecule has 0 fully saturated rings. The molecule has 5 rings (SSSR count). The fourth-order valence-electron chi connectivity index (χ4n) is 3.42. The maximum Gasteiger partial charge on any atom is 0.165 e. The van der Waals surface area contributed by atoms with Crippen molar-refractivity contribution in [3.63, 3.8) is 0 Å². The molecule has 0 spiro atoms. The quantitative estimate of drug-likeness (QED) is 0.509. The van der Waals surface area contributed by atoms with Crippen molar-refractivity contribution in [1.82, 2.24) is 24.6 Å². The minimum absolute atomic E-state index is 0.788. The minimum Gasteiger partial charge on any atom is -0.370 e. The zero-order valence-corrected chi connectivity index (χ0v) is 15.2. The molecule has 0 amide bonds. The van der Waals surface area contributed by atoms with Crippen LogP contribution in [0.1, 0.15) is 5.56 Å². The molecule has 0 radical (unpaired) electrons. The van der Waals surface area contributed by atoms with Crippen molar-refractivity contribution in [2.24, 2.45) is 0 Å². The van der Waals surface area contributed by atoms with Crippen LogP contribution in [0.4, 0.5) is 5.82 Å². The van der Waals surface area contributed by atoms with Crippen LogP contribution in [-0.4, -0.2) is 31.1 Å². The van der Waals surface area contributed by atoms with Gasteiger partial charge in [-0.15, -0.1) is 0 Å². The highest BCUT2D eigenvalue weighted by molar-refractivity contribution is 5.96. The summed E-state index contributed by atoms with van der Waals surface area (Å²) in [6, 6.07) is 16.2. The van der Waals surface area contributed by atoms with Gasteiger partial charge in [-0.25, -0.2) is 4.98 Å². The number of anilines is 1. The van der Waals surface area contributed by atoms with Crippen LogP contribution in [0.2, 0.25) is 0 Å². The predicted molar refractivity (Wildman–Crippen MR) is 110 cm³/mol. The lowest BCUT2D eigenvalue weighted by Gasteiger charge is -2.08. The fraction of sp³-hybridized carbons (Fsp3) is 0.0909. The first-order valence-electron chi connectivity index (χ1n) is 9.20.